The fourth-order valence-electron chi connectivity index (χ4n) is 2.76. The fraction of sp³-hybridized carbons (Fsp3) is 0.611. The molecule has 152 valence electrons. The van der Waals surface area contributed by atoms with Gasteiger partial charge in [0.15, 0.2) is 5.96 Å². The predicted molar refractivity (Wildman–Crippen MR) is 117 cm³/mol. The highest BCUT2D eigenvalue weighted by molar-refractivity contribution is 14.0. The van der Waals surface area contributed by atoms with Crippen LogP contribution in [0.3, 0.4) is 0 Å². The SMILES string of the molecule is CCNC(=NCC(=O)Nc1cccnc1)N1CCC(COCCOC)C1.I. The fourth-order valence-corrected chi connectivity index (χ4v) is 2.76. The lowest BCUT2D eigenvalue weighted by molar-refractivity contribution is -0.114. The van der Waals surface area contributed by atoms with Crippen molar-refractivity contribution in [3.63, 3.8) is 0 Å². The summed E-state index contributed by atoms with van der Waals surface area (Å²) in [4.78, 5) is 22.7. The van der Waals surface area contributed by atoms with Gasteiger partial charge in [-0.05, 0) is 25.5 Å². The number of aromatic nitrogens is 1. The Bertz CT molecular complexity index is 573. The number of methoxy groups -OCH3 is 1. The topological polar surface area (TPSA) is 88.1 Å². The standard InChI is InChI=1S/C18H29N5O3.HI/c1-3-20-18(21-12-17(24)22-16-5-4-7-19-11-16)23-8-6-15(13-23)14-26-10-9-25-2;/h4-5,7,11,15H,3,6,8-10,12-14H2,1-2H3,(H,20,21)(H,22,24);1H. The molecule has 0 radical (unpaired) electrons. The number of anilines is 1. The molecule has 0 aromatic carbocycles. The Balaban J connectivity index is 0.00000364. The number of nitrogens with zero attached hydrogens (tertiary/aromatic N) is 3. The van der Waals surface area contributed by atoms with Crippen LogP contribution in [-0.2, 0) is 14.3 Å². The van der Waals surface area contributed by atoms with E-state index in [1.54, 1.807) is 31.6 Å². The zero-order chi connectivity index (χ0) is 18.6. The molecule has 1 unspecified atom stereocenters. The molecule has 2 heterocycles. The van der Waals surface area contributed by atoms with E-state index in [1.807, 2.05) is 6.92 Å². The van der Waals surface area contributed by atoms with Crippen molar-refractivity contribution in [2.45, 2.75) is 13.3 Å². The van der Waals surface area contributed by atoms with Crippen molar-refractivity contribution in [3.8, 4) is 0 Å². The summed E-state index contributed by atoms with van der Waals surface area (Å²) in [5, 5.41) is 6.06. The van der Waals surface area contributed by atoms with Gasteiger partial charge in [0.05, 0.1) is 31.7 Å². The van der Waals surface area contributed by atoms with E-state index in [4.69, 9.17) is 9.47 Å². The number of halogens is 1. The molecule has 2 rings (SSSR count). The number of pyridine rings is 1. The summed E-state index contributed by atoms with van der Waals surface area (Å²) in [6.07, 6.45) is 4.33. The zero-order valence-electron chi connectivity index (χ0n) is 16.0. The Morgan fingerprint density at radius 1 is 1.44 bits per heavy atom. The van der Waals surface area contributed by atoms with Crippen molar-refractivity contribution in [2.75, 3.05) is 58.4 Å². The number of rotatable bonds is 9. The van der Waals surface area contributed by atoms with Crippen LogP contribution < -0.4 is 10.6 Å². The molecule has 8 nitrogen and oxygen atoms in total. The van der Waals surface area contributed by atoms with Gasteiger partial charge in [0, 0.05) is 38.9 Å². The number of amides is 1. The van der Waals surface area contributed by atoms with Gasteiger partial charge >= 0.3 is 0 Å². The summed E-state index contributed by atoms with van der Waals surface area (Å²) >= 11 is 0. The van der Waals surface area contributed by atoms with Crippen molar-refractivity contribution >= 4 is 41.5 Å². The maximum atomic E-state index is 12.1. The van der Waals surface area contributed by atoms with Gasteiger partial charge < -0.3 is 25.0 Å². The first-order valence-electron chi connectivity index (χ1n) is 9.02. The molecule has 1 saturated heterocycles. The Hall–Kier alpha value is -1.46. The van der Waals surface area contributed by atoms with E-state index in [-0.39, 0.29) is 36.4 Å². The normalized spacial score (nSPS) is 16.7. The lowest BCUT2D eigenvalue weighted by Gasteiger charge is -2.21. The van der Waals surface area contributed by atoms with Gasteiger partial charge in [-0.3, -0.25) is 9.78 Å². The predicted octanol–water partition coefficient (Wildman–Crippen LogP) is 1.59. The number of carbonyl (C=O) groups excluding carboxylic acids is 1. The van der Waals surface area contributed by atoms with E-state index >= 15 is 0 Å². The minimum Gasteiger partial charge on any atom is -0.382 e. The molecule has 0 spiro atoms. The second kappa shape index (κ2) is 13.7. The van der Waals surface area contributed by atoms with Crippen LogP contribution in [0.2, 0.25) is 0 Å². The lowest BCUT2D eigenvalue weighted by Crippen LogP contribution is -2.40. The minimum atomic E-state index is -0.160. The minimum absolute atomic E-state index is 0. The zero-order valence-corrected chi connectivity index (χ0v) is 18.3. The highest BCUT2D eigenvalue weighted by atomic mass is 127. The summed E-state index contributed by atoms with van der Waals surface area (Å²) in [6.45, 7) is 6.60. The van der Waals surface area contributed by atoms with Crippen LogP contribution >= 0.6 is 24.0 Å². The van der Waals surface area contributed by atoms with Gasteiger partial charge in [0.2, 0.25) is 5.91 Å². The molecule has 1 aromatic heterocycles. The molecule has 1 aliphatic heterocycles. The molecule has 1 aromatic rings. The molecule has 1 atom stereocenters. The van der Waals surface area contributed by atoms with Gasteiger partial charge in [-0.1, -0.05) is 0 Å². The molecule has 1 aliphatic rings. The smallest absolute Gasteiger partial charge is 0.246 e. The number of hydrogen-bond donors (Lipinski definition) is 2. The van der Waals surface area contributed by atoms with E-state index in [9.17, 15) is 4.79 Å². The number of likely N-dealkylation sites (tertiary alicyclic amines) is 1. The number of carbonyl (C=O) groups is 1. The van der Waals surface area contributed by atoms with Crippen LogP contribution in [0.5, 0.6) is 0 Å². The van der Waals surface area contributed by atoms with Crippen LogP contribution in [0.1, 0.15) is 13.3 Å². The van der Waals surface area contributed by atoms with Gasteiger partial charge in [-0.25, -0.2) is 4.99 Å². The number of hydrogen-bond acceptors (Lipinski definition) is 5. The van der Waals surface area contributed by atoms with Crippen LogP contribution in [0, 0.1) is 5.92 Å². The van der Waals surface area contributed by atoms with E-state index in [0.29, 0.717) is 24.8 Å². The van der Waals surface area contributed by atoms with Crippen molar-refractivity contribution < 1.29 is 14.3 Å². The molecule has 2 N–H and O–H groups in total. The first kappa shape index (κ1) is 23.6. The number of ether oxygens (including phenoxy) is 2. The summed E-state index contributed by atoms with van der Waals surface area (Å²) in [7, 11) is 1.67. The van der Waals surface area contributed by atoms with E-state index in [0.717, 1.165) is 38.6 Å². The third-order valence-corrected chi connectivity index (χ3v) is 4.02. The van der Waals surface area contributed by atoms with Gasteiger partial charge in [0.25, 0.3) is 0 Å². The van der Waals surface area contributed by atoms with Crippen LogP contribution in [0.4, 0.5) is 5.69 Å². The highest BCUT2D eigenvalue weighted by Gasteiger charge is 2.25. The Morgan fingerprint density at radius 2 is 2.30 bits per heavy atom. The largest absolute Gasteiger partial charge is 0.382 e. The molecular weight excluding hydrogens is 461 g/mol. The van der Waals surface area contributed by atoms with Crippen LogP contribution in [0.15, 0.2) is 29.5 Å². The van der Waals surface area contributed by atoms with E-state index < -0.39 is 0 Å². The summed E-state index contributed by atoms with van der Waals surface area (Å²) in [5.41, 5.74) is 0.673. The van der Waals surface area contributed by atoms with Crippen molar-refractivity contribution in [2.24, 2.45) is 10.9 Å². The maximum absolute atomic E-state index is 12.1. The van der Waals surface area contributed by atoms with E-state index in [1.165, 1.54) is 0 Å². The van der Waals surface area contributed by atoms with E-state index in [2.05, 4.69) is 25.5 Å². The van der Waals surface area contributed by atoms with Gasteiger partial charge in [-0.15, -0.1) is 24.0 Å². The van der Waals surface area contributed by atoms with Gasteiger partial charge in [0.1, 0.15) is 6.54 Å². The number of aliphatic imine (C=N–C) groups is 1. The van der Waals surface area contributed by atoms with Crippen LogP contribution in [0.25, 0.3) is 0 Å². The third-order valence-electron chi connectivity index (χ3n) is 4.02. The van der Waals surface area contributed by atoms with Crippen molar-refractivity contribution in [3.05, 3.63) is 24.5 Å². The molecule has 1 amide bonds. The molecule has 27 heavy (non-hydrogen) atoms. The van der Waals surface area contributed by atoms with Crippen molar-refractivity contribution in [1.82, 2.24) is 15.2 Å². The summed E-state index contributed by atoms with van der Waals surface area (Å²) in [6, 6.07) is 3.58. The number of nitrogens with one attached hydrogen (secondary N) is 2. The first-order valence-corrected chi connectivity index (χ1v) is 9.02. The molecule has 0 aliphatic carbocycles. The average molecular weight is 491 g/mol. The Morgan fingerprint density at radius 3 is 3.00 bits per heavy atom. The molecular formula is C18H30IN5O3. The Kier molecular flexibility index (Phi) is 11.9. The second-order valence-electron chi connectivity index (χ2n) is 6.13. The van der Waals surface area contributed by atoms with Crippen LogP contribution in [-0.4, -0.2) is 74.9 Å². The van der Waals surface area contributed by atoms with Crippen molar-refractivity contribution in [1.29, 1.82) is 0 Å². The highest BCUT2D eigenvalue weighted by Crippen LogP contribution is 2.16. The first-order chi connectivity index (χ1) is 12.7. The second-order valence-corrected chi connectivity index (χ2v) is 6.13. The summed E-state index contributed by atoms with van der Waals surface area (Å²) < 4.78 is 10.6. The average Bonchev–Trinajstić information content (AvgIpc) is 3.12. The molecule has 0 saturated carbocycles. The molecule has 9 heteroatoms. The summed E-state index contributed by atoms with van der Waals surface area (Å²) in [5.74, 6) is 1.08. The lowest BCUT2D eigenvalue weighted by atomic mass is 10.1. The quantitative estimate of drug-likeness (QED) is 0.236. The monoisotopic (exact) mass is 491 g/mol. The molecule has 0 bridgehead atoms. The molecule has 1 fully saturated rings. The Labute approximate surface area is 178 Å². The third kappa shape index (κ3) is 8.85. The number of guanidine groups is 1. The van der Waals surface area contributed by atoms with Gasteiger partial charge in [-0.2, -0.15) is 0 Å². The maximum Gasteiger partial charge on any atom is 0.246 e.